The molecule has 0 saturated carbocycles. The van der Waals surface area contributed by atoms with Crippen LogP contribution in [0.3, 0.4) is 0 Å². The third kappa shape index (κ3) is 3.97. The van der Waals surface area contributed by atoms with Gasteiger partial charge in [-0.3, -0.25) is 4.68 Å². The third-order valence-corrected chi connectivity index (χ3v) is 4.85. The molecule has 0 saturated heterocycles. The van der Waals surface area contributed by atoms with Crippen LogP contribution in [0.5, 0.6) is 5.75 Å². The molecule has 0 aliphatic rings. The van der Waals surface area contributed by atoms with E-state index in [4.69, 9.17) is 21.6 Å². The molecule has 0 bridgehead atoms. The van der Waals surface area contributed by atoms with Crippen molar-refractivity contribution in [2.75, 3.05) is 6.61 Å². The first-order valence-electron chi connectivity index (χ1n) is 8.77. The monoisotopic (exact) mass is 368 g/mol. The number of ether oxygens (including phenoxy) is 1. The summed E-state index contributed by atoms with van der Waals surface area (Å²) in [6.07, 6.45) is 5.61. The maximum Gasteiger partial charge on any atom is 0.141 e. The molecule has 0 spiro atoms. The highest BCUT2D eigenvalue weighted by Gasteiger charge is 2.12. The zero-order valence-corrected chi connectivity index (χ0v) is 15.7. The van der Waals surface area contributed by atoms with Crippen LogP contribution in [0.15, 0.2) is 36.7 Å². The van der Waals surface area contributed by atoms with Gasteiger partial charge >= 0.3 is 0 Å². The van der Waals surface area contributed by atoms with Crippen LogP contribution in [0.4, 0.5) is 0 Å². The van der Waals surface area contributed by atoms with Crippen LogP contribution >= 0.6 is 11.6 Å². The van der Waals surface area contributed by atoms with Crippen LogP contribution in [0.2, 0.25) is 5.02 Å². The number of aromatic nitrogens is 3. The number of nitriles is 1. The Morgan fingerprint density at radius 3 is 2.77 bits per heavy atom. The smallest absolute Gasteiger partial charge is 0.141 e. The quantitative estimate of drug-likeness (QED) is 0.599. The molecular weight excluding hydrogens is 348 g/mol. The second-order valence-corrected chi connectivity index (χ2v) is 6.72. The van der Waals surface area contributed by atoms with Gasteiger partial charge in [0.05, 0.1) is 31.1 Å². The van der Waals surface area contributed by atoms with Crippen molar-refractivity contribution >= 4 is 22.5 Å². The standard InChI is InChI=1S/C20H21ClN4O/c1-3-14(4-2)13-26-20-6-5-17(21)7-16(20)12-25-19-11-23-18(9-22)8-15(19)10-24-25/h5-8,10-11,14H,3-4,12-13H2,1-2H3. The van der Waals surface area contributed by atoms with E-state index in [9.17, 15) is 0 Å². The zero-order chi connectivity index (χ0) is 18.5. The van der Waals surface area contributed by atoms with Crippen molar-refractivity contribution in [1.29, 1.82) is 5.26 Å². The van der Waals surface area contributed by atoms with E-state index in [1.165, 1.54) is 0 Å². The van der Waals surface area contributed by atoms with Gasteiger partial charge in [0.15, 0.2) is 0 Å². The molecule has 2 aromatic heterocycles. The maximum absolute atomic E-state index is 8.98. The summed E-state index contributed by atoms with van der Waals surface area (Å²) in [5, 5.41) is 15.0. The summed E-state index contributed by atoms with van der Waals surface area (Å²) in [5.41, 5.74) is 2.22. The zero-order valence-electron chi connectivity index (χ0n) is 14.9. The van der Waals surface area contributed by atoms with Crippen LogP contribution < -0.4 is 4.74 Å². The highest BCUT2D eigenvalue weighted by Crippen LogP contribution is 2.26. The summed E-state index contributed by atoms with van der Waals surface area (Å²) in [7, 11) is 0. The molecule has 0 unspecified atom stereocenters. The molecular formula is C20H21ClN4O. The van der Waals surface area contributed by atoms with E-state index in [1.54, 1.807) is 18.5 Å². The highest BCUT2D eigenvalue weighted by atomic mass is 35.5. The predicted molar refractivity (Wildman–Crippen MR) is 102 cm³/mol. The van der Waals surface area contributed by atoms with Gasteiger partial charge in [-0.25, -0.2) is 4.98 Å². The second-order valence-electron chi connectivity index (χ2n) is 6.29. The minimum Gasteiger partial charge on any atom is -0.493 e. The number of benzene rings is 1. The molecule has 3 aromatic rings. The van der Waals surface area contributed by atoms with Crippen molar-refractivity contribution < 1.29 is 4.74 Å². The lowest BCUT2D eigenvalue weighted by molar-refractivity contribution is 0.238. The normalized spacial score (nSPS) is 11.0. The van der Waals surface area contributed by atoms with E-state index >= 15 is 0 Å². The molecule has 26 heavy (non-hydrogen) atoms. The molecule has 0 N–H and O–H groups in total. The Labute approximate surface area is 158 Å². The van der Waals surface area contributed by atoms with Crippen LogP contribution in [-0.2, 0) is 6.54 Å². The molecule has 5 nitrogen and oxygen atoms in total. The molecule has 0 fully saturated rings. The van der Waals surface area contributed by atoms with Gasteiger partial charge < -0.3 is 4.74 Å². The van der Waals surface area contributed by atoms with Gasteiger partial charge in [-0.2, -0.15) is 10.4 Å². The van der Waals surface area contributed by atoms with Gasteiger partial charge in [0, 0.05) is 16.0 Å². The number of rotatable bonds is 7. The number of pyridine rings is 1. The van der Waals surface area contributed by atoms with Crippen molar-refractivity contribution in [2.45, 2.75) is 33.2 Å². The van der Waals surface area contributed by atoms with E-state index in [2.05, 4.69) is 23.9 Å². The number of halogens is 1. The van der Waals surface area contributed by atoms with E-state index in [0.717, 1.165) is 35.1 Å². The number of hydrogen-bond acceptors (Lipinski definition) is 4. The van der Waals surface area contributed by atoms with Gasteiger partial charge in [-0.1, -0.05) is 38.3 Å². The Morgan fingerprint density at radius 1 is 1.23 bits per heavy atom. The van der Waals surface area contributed by atoms with E-state index in [-0.39, 0.29) is 0 Å². The second kappa shape index (κ2) is 8.20. The summed E-state index contributed by atoms with van der Waals surface area (Å²) in [5.74, 6) is 1.37. The summed E-state index contributed by atoms with van der Waals surface area (Å²) >= 11 is 6.20. The van der Waals surface area contributed by atoms with Gasteiger partial charge in [-0.05, 0) is 30.2 Å². The minimum absolute atomic E-state index is 0.383. The van der Waals surface area contributed by atoms with Crippen LogP contribution in [0, 0.1) is 17.2 Å². The SMILES string of the molecule is CCC(CC)COc1ccc(Cl)cc1Cn1ncc2cc(C#N)ncc21. The lowest BCUT2D eigenvalue weighted by atomic mass is 10.1. The van der Waals surface area contributed by atoms with Gasteiger partial charge in [-0.15, -0.1) is 0 Å². The van der Waals surface area contributed by atoms with Gasteiger partial charge in [0.25, 0.3) is 0 Å². The Bertz CT molecular complexity index is 941. The van der Waals surface area contributed by atoms with Gasteiger partial charge in [0.1, 0.15) is 17.5 Å². The van der Waals surface area contributed by atoms with Crippen LogP contribution in [0.25, 0.3) is 10.9 Å². The molecule has 134 valence electrons. The fourth-order valence-electron chi connectivity index (χ4n) is 2.87. The Balaban J connectivity index is 1.87. The van der Waals surface area contributed by atoms with Crippen molar-refractivity contribution in [3.63, 3.8) is 0 Å². The molecule has 0 atom stereocenters. The fourth-order valence-corrected chi connectivity index (χ4v) is 3.06. The minimum atomic E-state index is 0.383. The van der Waals surface area contributed by atoms with E-state index < -0.39 is 0 Å². The summed E-state index contributed by atoms with van der Waals surface area (Å²) < 4.78 is 7.92. The largest absolute Gasteiger partial charge is 0.493 e. The first-order chi connectivity index (χ1) is 12.6. The van der Waals surface area contributed by atoms with Crippen molar-refractivity contribution in [3.8, 4) is 11.8 Å². The molecule has 0 radical (unpaired) electrons. The number of fused-ring (bicyclic) bond motifs is 1. The summed E-state index contributed by atoms with van der Waals surface area (Å²) in [6, 6.07) is 9.45. The molecule has 3 rings (SSSR count). The van der Waals surface area contributed by atoms with Crippen molar-refractivity contribution in [2.24, 2.45) is 5.92 Å². The predicted octanol–water partition coefficient (Wildman–Crippen LogP) is 4.82. The lowest BCUT2D eigenvalue weighted by Gasteiger charge is -2.17. The summed E-state index contributed by atoms with van der Waals surface area (Å²) in [6.45, 7) is 5.57. The first-order valence-corrected chi connectivity index (χ1v) is 9.15. The summed E-state index contributed by atoms with van der Waals surface area (Å²) in [4.78, 5) is 4.14. The number of nitrogens with zero attached hydrogens (tertiary/aromatic N) is 4. The van der Waals surface area contributed by atoms with Crippen molar-refractivity contribution in [1.82, 2.24) is 14.8 Å². The highest BCUT2D eigenvalue weighted by molar-refractivity contribution is 6.30. The molecule has 1 aromatic carbocycles. The third-order valence-electron chi connectivity index (χ3n) is 4.61. The van der Waals surface area contributed by atoms with Crippen LogP contribution in [-0.4, -0.2) is 21.4 Å². The van der Waals surface area contributed by atoms with E-state index in [1.807, 2.05) is 29.0 Å². The lowest BCUT2D eigenvalue weighted by Crippen LogP contribution is -2.12. The van der Waals surface area contributed by atoms with Crippen molar-refractivity contribution in [3.05, 3.63) is 52.9 Å². The van der Waals surface area contributed by atoms with Crippen LogP contribution in [0.1, 0.15) is 37.9 Å². The maximum atomic E-state index is 8.98. The van der Waals surface area contributed by atoms with E-state index in [0.29, 0.717) is 29.8 Å². The average Bonchev–Trinajstić information content (AvgIpc) is 3.06. The van der Waals surface area contributed by atoms with Gasteiger partial charge in [0.2, 0.25) is 0 Å². The average molecular weight is 369 g/mol. The molecule has 2 heterocycles. The Hall–Kier alpha value is -2.58. The Kier molecular flexibility index (Phi) is 5.75. The molecule has 0 aliphatic heterocycles. The first kappa shape index (κ1) is 18.2. The Morgan fingerprint density at radius 2 is 2.04 bits per heavy atom. The number of hydrogen-bond donors (Lipinski definition) is 0. The molecule has 6 heteroatoms. The fraction of sp³-hybridized carbons (Fsp3) is 0.350. The topological polar surface area (TPSA) is 63.7 Å². The molecule has 0 amide bonds. The molecule has 0 aliphatic carbocycles.